The summed E-state index contributed by atoms with van der Waals surface area (Å²) in [5.74, 6) is -0.126. The van der Waals surface area contributed by atoms with Gasteiger partial charge in [-0.3, -0.25) is 9.59 Å². The topological polar surface area (TPSA) is 95.9 Å². The molecule has 378 valence electrons. The second kappa shape index (κ2) is 54.0. The molecule has 6 heteroatoms. The molecule has 0 aliphatic heterocycles. The minimum atomic E-state index is -0.698. The minimum absolute atomic E-state index is 0.0120. The Balaban J connectivity index is 3.50. The molecule has 1 amide bonds. The third kappa shape index (κ3) is 49.8. The number of carbonyl (C=O) groups is 2. The summed E-state index contributed by atoms with van der Waals surface area (Å²) in [6.07, 6.45) is 64.7. The van der Waals surface area contributed by atoms with Gasteiger partial charge in [-0.15, -0.1) is 0 Å². The summed E-state index contributed by atoms with van der Waals surface area (Å²) in [6, 6.07) is -0.585. The van der Waals surface area contributed by atoms with Crippen LogP contribution in [0.1, 0.15) is 309 Å². The van der Waals surface area contributed by atoms with Gasteiger partial charge in [0.1, 0.15) is 0 Å². The molecule has 0 aromatic rings. The number of allylic oxidation sites excluding steroid dienone is 4. The average molecular weight is 903 g/mol. The zero-order valence-corrected chi connectivity index (χ0v) is 43.0. The van der Waals surface area contributed by atoms with E-state index in [1.165, 1.54) is 218 Å². The number of unbranched alkanes of at least 4 members (excludes halogenated alkanes) is 38. The largest absolute Gasteiger partial charge is 0.466 e. The maximum absolute atomic E-state index is 12.4. The van der Waals surface area contributed by atoms with Crippen LogP contribution >= 0.6 is 0 Å². The van der Waals surface area contributed by atoms with E-state index in [4.69, 9.17) is 4.74 Å². The highest BCUT2D eigenvalue weighted by molar-refractivity contribution is 5.76. The van der Waals surface area contributed by atoms with Crippen molar-refractivity contribution >= 4 is 11.9 Å². The van der Waals surface area contributed by atoms with E-state index in [0.717, 1.165) is 51.4 Å². The van der Waals surface area contributed by atoms with Gasteiger partial charge < -0.3 is 20.3 Å². The van der Waals surface area contributed by atoms with Crippen LogP contribution < -0.4 is 5.32 Å². The highest BCUT2D eigenvalue weighted by Gasteiger charge is 2.19. The lowest BCUT2D eigenvalue weighted by molar-refractivity contribution is -0.143. The van der Waals surface area contributed by atoms with Crippen molar-refractivity contribution in [2.75, 3.05) is 13.2 Å². The second-order valence-electron chi connectivity index (χ2n) is 19.6. The number of aliphatic hydroxyl groups is 2. The first-order chi connectivity index (χ1) is 31.5. The van der Waals surface area contributed by atoms with E-state index in [1.807, 2.05) is 6.08 Å². The maximum Gasteiger partial charge on any atom is 0.305 e. The van der Waals surface area contributed by atoms with E-state index in [-0.39, 0.29) is 18.5 Å². The molecule has 0 aliphatic carbocycles. The average Bonchev–Trinajstić information content (AvgIpc) is 3.29. The van der Waals surface area contributed by atoms with Crippen LogP contribution in [0.2, 0.25) is 0 Å². The van der Waals surface area contributed by atoms with Gasteiger partial charge in [0.15, 0.2) is 0 Å². The number of ether oxygens (including phenoxy) is 1. The van der Waals surface area contributed by atoms with Crippen molar-refractivity contribution in [3.8, 4) is 0 Å². The molecule has 2 unspecified atom stereocenters. The molecule has 0 rings (SSSR count). The lowest BCUT2D eigenvalue weighted by Gasteiger charge is -2.22. The smallest absolute Gasteiger partial charge is 0.305 e. The highest BCUT2D eigenvalue weighted by atomic mass is 16.5. The number of carbonyl (C=O) groups excluding carboxylic acids is 2. The second-order valence-corrected chi connectivity index (χ2v) is 19.6. The van der Waals surface area contributed by atoms with Gasteiger partial charge >= 0.3 is 5.97 Å². The maximum atomic E-state index is 12.4. The molecular formula is C58H111NO5. The van der Waals surface area contributed by atoms with Crippen molar-refractivity contribution in [3.63, 3.8) is 0 Å². The molecule has 0 fully saturated rings. The highest BCUT2D eigenvalue weighted by Crippen LogP contribution is 2.17. The molecule has 0 saturated heterocycles. The number of aliphatic hydroxyl groups excluding tert-OH is 2. The fraction of sp³-hybridized carbons (Fsp3) is 0.897. The normalized spacial score (nSPS) is 12.8. The fourth-order valence-corrected chi connectivity index (χ4v) is 8.87. The predicted molar refractivity (Wildman–Crippen MR) is 278 cm³/mol. The van der Waals surface area contributed by atoms with Crippen LogP contribution in [-0.2, 0) is 14.3 Å². The fourth-order valence-electron chi connectivity index (χ4n) is 8.87. The van der Waals surface area contributed by atoms with Crippen LogP contribution in [-0.4, -0.2) is 47.4 Å². The SMILES string of the molecule is CCCCCCCCCCCCCCCCCCCCCC(=O)OCCCCCCCC/C=C\C/C=C\CCC(=O)NC(CO)C(O)CCCCCCCCCCCCCCCCC. The van der Waals surface area contributed by atoms with Crippen molar-refractivity contribution in [3.05, 3.63) is 24.3 Å². The molecule has 0 aromatic heterocycles. The van der Waals surface area contributed by atoms with Gasteiger partial charge in [-0.2, -0.15) is 0 Å². The molecule has 0 spiro atoms. The molecule has 6 nitrogen and oxygen atoms in total. The monoisotopic (exact) mass is 902 g/mol. The molecule has 0 bridgehead atoms. The van der Waals surface area contributed by atoms with Gasteiger partial charge in [0.25, 0.3) is 0 Å². The van der Waals surface area contributed by atoms with Crippen molar-refractivity contribution in [2.45, 2.75) is 321 Å². The van der Waals surface area contributed by atoms with E-state index in [2.05, 4.69) is 37.4 Å². The Morgan fingerprint density at radius 2 is 0.797 bits per heavy atom. The zero-order valence-electron chi connectivity index (χ0n) is 43.0. The van der Waals surface area contributed by atoms with Gasteiger partial charge in [0, 0.05) is 12.8 Å². The Morgan fingerprint density at radius 3 is 1.22 bits per heavy atom. The number of nitrogens with one attached hydrogen (secondary N) is 1. The third-order valence-electron chi connectivity index (χ3n) is 13.3. The van der Waals surface area contributed by atoms with Crippen LogP contribution in [0.5, 0.6) is 0 Å². The van der Waals surface area contributed by atoms with Gasteiger partial charge in [-0.25, -0.2) is 0 Å². The molecule has 0 heterocycles. The van der Waals surface area contributed by atoms with Gasteiger partial charge in [-0.1, -0.05) is 276 Å². The molecule has 0 saturated carbocycles. The van der Waals surface area contributed by atoms with Crippen molar-refractivity contribution in [2.24, 2.45) is 0 Å². The summed E-state index contributed by atoms with van der Waals surface area (Å²) in [7, 11) is 0. The summed E-state index contributed by atoms with van der Waals surface area (Å²) in [5.41, 5.74) is 0. The van der Waals surface area contributed by atoms with Crippen LogP contribution in [0.3, 0.4) is 0 Å². The Labute approximate surface area is 399 Å². The number of hydrogen-bond donors (Lipinski definition) is 3. The van der Waals surface area contributed by atoms with Crippen LogP contribution in [0.4, 0.5) is 0 Å². The molecule has 0 aromatic carbocycles. The van der Waals surface area contributed by atoms with Crippen LogP contribution in [0.15, 0.2) is 24.3 Å². The molecule has 0 radical (unpaired) electrons. The third-order valence-corrected chi connectivity index (χ3v) is 13.3. The first kappa shape index (κ1) is 62.3. The first-order valence-electron chi connectivity index (χ1n) is 28.6. The van der Waals surface area contributed by atoms with Crippen molar-refractivity contribution in [1.29, 1.82) is 0 Å². The molecule has 64 heavy (non-hydrogen) atoms. The Bertz CT molecular complexity index is 997. The number of hydrogen-bond acceptors (Lipinski definition) is 5. The number of rotatable bonds is 53. The summed E-state index contributed by atoms with van der Waals surface area (Å²) < 4.78 is 5.47. The lowest BCUT2D eigenvalue weighted by Crippen LogP contribution is -2.45. The molecular weight excluding hydrogens is 791 g/mol. The first-order valence-corrected chi connectivity index (χ1v) is 28.6. The Kier molecular flexibility index (Phi) is 52.6. The van der Waals surface area contributed by atoms with E-state index in [1.54, 1.807) is 0 Å². The molecule has 3 N–H and O–H groups in total. The standard InChI is InChI=1S/C58H111NO5/c1-3-5-7-9-11-13-15-17-19-20-21-22-24-28-32-36-40-44-48-52-58(63)64-53-49-45-41-37-33-29-25-27-31-35-39-43-47-51-57(62)59-55(54-60)56(61)50-46-42-38-34-30-26-23-18-16-14-12-10-8-6-4-2/h27,31,39,43,55-56,60-61H,3-26,28-30,32-38,40-42,44-54H2,1-2H3,(H,59,62)/b31-27-,43-39-. The zero-order chi connectivity index (χ0) is 46.5. The lowest BCUT2D eigenvalue weighted by atomic mass is 10.0. The molecule has 0 aliphatic rings. The van der Waals surface area contributed by atoms with E-state index in [0.29, 0.717) is 32.3 Å². The quantitative estimate of drug-likeness (QED) is 0.0321. The van der Waals surface area contributed by atoms with E-state index >= 15 is 0 Å². The van der Waals surface area contributed by atoms with Gasteiger partial charge in [0.2, 0.25) is 5.91 Å². The van der Waals surface area contributed by atoms with Crippen molar-refractivity contribution < 1.29 is 24.5 Å². The summed E-state index contributed by atoms with van der Waals surface area (Å²) in [6.45, 7) is 4.91. The van der Waals surface area contributed by atoms with Crippen LogP contribution in [0.25, 0.3) is 0 Å². The molecule has 2 atom stereocenters. The summed E-state index contributed by atoms with van der Waals surface area (Å²) >= 11 is 0. The van der Waals surface area contributed by atoms with E-state index < -0.39 is 12.1 Å². The van der Waals surface area contributed by atoms with Crippen molar-refractivity contribution in [1.82, 2.24) is 5.32 Å². The number of amides is 1. The minimum Gasteiger partial charge on any atom is -0.466 e. The van der Waals surface area contributed by atoms with Crippen LogP contribution in [0, 0.1) is 0 Å². The predicted octanol–water partition coefficient (Wildman–Crippen LogP) is 17.5. The van der Waals surface area contributed by atoms with Gasteiger partial charge in [-0.05, 0) is 44.9 Å². The van der Waals surface area contributed by atoms with E-state index in [9.17, 15) is 19.8 Å². The van der Waals surface area contributed by atoms with Gasteiger partial charge in [0.05, 0.1) is 25.4 Å². The summed E-state index contributed by atoms with van der Waals surface area (Å²) in [4.78, 5) is 24.5. The summed E-state index contributed by atoms with van der Waals surface area (Å²) in [5, 5.41) is 23.2. The number of esters is 1. The Hall–Kier alpha value is -1.66. The Morgan fingerprint density at radius 1 is 0.438 bits per heavy atom.